The monoisotopic (exact) mass is 213 g/mol. The Balaban J connectivity index is 2.87. The number of hydrogen-bond acceptors (Lipinski definition) is 2. The molecule has 13 heavy (non-hydrogen) atoms. The summed E-state index contributed by atoms with van der Waals surface area (Å²) in [6, 6.07) is 4.73. The molecular formula is C9H5Cl2NO. The van der Waals surface area contributed by atoms with Gasteiger partial charge >= 0.3 is 0 Å². The van der Waals surface area contributed by atoms with Crippen molar-refractivity contribution in [2.75, 3.05) is 0 Å². The molecule has 0 aliphatic rings. The SMILES string of the molecule is Oc1cc(Cl)c2cc(Cl)ncc2c1. The van der Waals surface area contributed by atoms with Crippen LogP contribution in [-0.4, -0.2) is 10.1 Å². The molecule has 0 amide bonds. The van der Waals surface area contributed by atoms with Gasteiger partial charge < -0.3 is 5.11 Å². The van der Waals surface area contributed by atoms with Crippen molar-refractivity contribution in [2.24, 2.45) is 0 Å². The molecule has 1 N–H and O–H groups in total. The van der Waals surface area contributed by atoms with E-state index in [2.05, 4.69) is 4.98 Å². The largest absolute Gasteiger partial charge is 0.508 e. The highest BCUT2D eigenvalue weighted by Gasteiger charge is 2.02. The lowest BCUT2D eigenvalue weighted by atomic mass is 10.2. The van der Waals surface area contributed by atoms with Crippen LogP contribution in [-0.2, 0) is 0 Å². The highest BCUT2D eigenvalue weighted by atomic mass is 35.5. The molecule has 2 aromatic rings. The number of phenolic OH excluding ortho intramolecular Hbond substituents is 1. The number of rotatable bonds is 0. The Labute approximate surface area is 84.7 Å². The highest BCUT2D eigenvalue weighted by molar-refractivity contribution is 6.36. The highest BCUT2D eigenvalue weighted by Crippen LogP contribution is 2.29. The van der Waals surface area contributed by atoms with Gasteiger partial charge in [-0.15, -0.1) is 0 Å². The number of pyridine rings is 1. The summed E-state index contributed by atoms with van der Waals surface area (Å²) in [6.07, 6.45) is 1.57. The van der Waals surface area contributed by atoms with Crippen LogP contribution in [0.5, 0.6) is 5.75 Å². The predicted octanol–water partition coefficient (Wildman–Crippen LogP) is 3.25. The summed E-state index contributed by atoms with van der Waals surface area (Å²) < 4.78 is 0. The van der Waals surface area contributed by atoms with Crippen LogP contribution < -0.4 is 0 Å². The number of benzene rings is 1. The standard InChI is InChI=1S/C9H5Cl2NO/c10-8-2-6(13)1-5-4-12-9(11)3-7(5)8/h1-4,13H. The summed E-state index contributed by atoms with van der Waals surface area (Å²) in [5.74, 6) is 0.127. The van der Waals surface area contributed by atoms with Crippen LogP contribution in [0.2, 0.25) is 10.2 Å². The van der Waals surface area contributed by atoms with Gasteiger partial charge in [0.2, 0.25) is 0 Å². The van der Waals surface area contributed by atoms with Crippen molar-refractivity contribution in [1.82, 2.24) is 4.98 Å². The average Bonchev–Trinajstić information content (AvgIpc) is 2.06. The second-order valence-corrected chi connectivity index (χ2v) is 3.45. The van der Waals surface area contributed by atoms with Gasteiger partial charge in [0, 0.05) is 17.0 Å². The molecule has 0 atom stereocenters. The molecule has 4 heteroatoms. The molecule has 0 aliphatic carbocycles. The van der Waals surface area contributed by atoms with Crippen LogP contribution >= 0.6 is 23.2 Å². The maximum atomic E-state index is 9.24. The van der Waals surface area contributed by atoms with Gasteiger partial charge in [-0.05, 0) is 18.2 Å². The van der Waals surface area contributed by atoms with Gasteiger partial charge in [0.25, 0.3) is 0 Å². The topological polar surface area (TPSA) is 33.1 Å². The molecule has 2 nitrogen and oxygen atoms in total. The molecule has 0 radical (unpaired) electrons. The van der Waals surface area contributed by atoms with Crippen molar-refractivity contribution >= 4 is 34.0 Å². The predicted molar refractivity (Wildman–Crippen MR) is 53.4 cm³/mol. The number of nitrogens with zero attached hydrogens (tertiary/aromatic N) is 1. The third-order valence-corrected chi connectivity index (χ3v) is 2.26. The summed E-state index contributed by atoms with van der Waals surface area (Å²) in [5, 5.41) is 11.7. The molecule has 1 aromatic carbocycles. The Hall–Kier alpha value is -0.990. The minimum atomic E-state index is 0.127. The van der Waals surface area contributed by atoms with E-state index in [9.17, 15) is 5.11 Å². The quantitative estimate of drug-likeness (QED) is 0.682. The van der Waals surface area contributed by atoms with Crippen molar-refractivity contribution < 1.29 is 5.11 Å². The zero-order valence-electron chi connectivity index (χ0n) is 6.46. The summed E-state index contributed by atoms with van der Waals surface area (Å²) in [5.41, 5.74) is 0. The van der Waals surface area contributed by atoms with Gasteiger partial charge in [0.05, 0.1) is 5.02 Å². The zero-order chi connectivity index (χ0) is 9.42. The zero-order valence-corrected chi connectivity index (χ0v) is 7.97. The summed E-state index contributed by atoms with van der Waals surface area (Å²) in [7, 11) is 0. The van der Waals surface area contributed by atoms with Crippen LogP contribution in [0, 0.1) is 0 Å². The number of aromatic hydroxyl groups is 1. The third kappa shape index (κ3) is 1.55. The fourth-order valence-corrected chi connectivity index (χ4v) is 1.60. The Kier molecular flexibility index (Phi) is 2.02. The van der Waals surface area contributed by atoms with Gasteiger partial charge in [-0.1, -0.05) is 23.2 Å². The average molecular weight is 214 g/mol. The minimum Gasteiger partial charge on any atom is -0.508 e. The molecule has 0 saturated heterocycles. The fraction of sp³-hybridized carbons (Fsp3) is 0. The summed E-state index contributed by atoms with van der Waals surface area (Å²) >= 11 is 11.6. The van der Waals surface area contributed by atoms with Gasteiger partial charge in [0.15, 0.2) is 0 Å². The van der Waals surface area contributed by atoms with Gasteiger partial charge in [-0.25, -0.2) is 4.98 Å². The lowest BCUT2D eigenvalue weighted by molar-refractivity contribution is 0.476. The first kappa shape index (κ1) is 8.60. The Morgan fingerprint density at radius 2 is 1.92 bits per heavy atom. The molecule has 2 rings (SSSR count). The van der Waals surface area contributed by atoms with Crippen molar-refractivity contribution in [2.45, 2.75) is 0 Å². The van der Waals surface area contributed by atoms with Crippen LogP contribution in [0.15, 0.2) is 24.4 Å². The summed E-state index contributed by atoms with van der Waals surface area (Å²) in [4.78, 5) is 3.89. The molecule has 0 unspecified atom stereocenters. The second kappa shape index (κ2) is 3.05. The van der Waals surface area contributed by atoms with E-state index in [0.29, 0.717) is 10.2 Å². The van der Waals surface area contributed by atoms with E-state index in [-0.39, 0.29) is 5.75 Å². The van der Waals surface area contributed by atoms with E-state index < -0.39 is 0 Å². The van der Waals surface area contributed by atoms with E-state index in [4.69, 9.17) is 23.2 Å². The van der Waals surface area contributed by atoms with Crippen LogP contribution in [0.1, 0.15) is 0 Å². The van der Waals surface area contributed by atoms with Crippen LogP contribution in [0.25, 0.3) is 10.8 Å². The van der Waals surface area contributed by atoms with Crippen molar-refractivity contribution in [1.29, 1.82) is 0 Å². The van der Waals surface area contributed by atoms with E-state index >= 15 is 0 Å². The van der Waals surface area contributed by atoms with Crippen molar-refractivity contribution in [3.8, 4) is 5.75 Å². The third-order valence-electron chi connectivity index (χ3n) is 1.74. The first-order chi connectivity index (χ1) is 6.16. The van der Waals surface area contributed by atoms with E-state index in [1.807, 2.05) is 0 Å². The van der Waals surface area contributed by atoms with Gasteiger partial charge in [-0.3, -0.25) is 0 Å². The number of phenols is 1. The van der Waals surface area contributed by atoms with Crippen LogP contribution in [0.4, 0.5) is 0 Å². The Morgan fingerprint density at radius 3 is 2.69 bits per heavy atom. The Morgan fingerprint density at radius 1 is 1.15 bits per heavy atom. The maximum Gasteiger partial charge on any atom is 0.129 e. The van der Waals surface area contributed by atoms with Gasteiger partial charge in [0.1, 0.15) is 10.9 Å². The maximum absolute atomic E-state index is 9.24. The number of halogens is 2. The molecule has 0 saturated carbocycles. The molecule has 1 aromatic heterocycles. The molecule has 0 fully saturated rings. The number of fused-ring (bicyclic) bond motifs is 1. The first-order valence-electron chi connectivity index (χ1n) is 3.60. The molecule has 0 bridgehead atoms. The second-order valence-electron chi connectivity index (χ2n) is 2.66. The van der Waals surface area contributed by atoms with Crippen molar-refractivity contribution in [3.05, 3.63) is 34.6 Å². The Bertz CT molecular complexity index is 470. The summed E-state index contributed by atoms with van der Waals surface area (Å²) in [6.45, 7) is 0. The number of hydrogen-bond donors (Lipinski definition) is 1. The normalized spacial score (nSPS) is 10.6. The molecule has 0 spiro atoms. The minimum absolute atomic E-state index is 0.127. The molecular weight excluding hydrogens is 209 g/mol. The molecule has 66 valence electrons. The number of aromatic nitrogens is 1. The van der Waals surface area contributed by atoms with E-state index in [1.165, 1.54) is 6.07 Å². The lowest BCUT2D eigenvalue weighted by Gasteiger charge is -2.01. The van der Waals surface area contributed by atoms with Gasteiger partial charge in [-0.2, -0.15) is 0 Å². The molecule has 1 heterocycles. The molecule has 0 aliphatic heterocycles. The van der Waals surface area contributed by atoms with Crippen molar-refractivity contribution in [3.63, 3.8) is 0 Å². The lowest BCUT2D eigenvalue weighted by Crippen LogP contribution is -1.78. The van der Waals surface area contributed by atoms with E-state index in [1.54, 1.807) is 18.3 Å². The smallest absolute Gasteiger partial charge is 0.129 e. The fourth-order valence-electron chi connectivity index (χ4n) is 1.17. The van der Waals surface area contributed by atoms with Crippen LogP contribution in [0.3, 0.4) is 0 Å². The first-order valence-corrected chi connectivity index (χ1v) is 4.36. The van der Waals surface area contributed by atoms with E-state index in [0.717, 1.165) is 10.8 Å².